The zero-order chi connectivity index (χ0) is 15.9. The Kier molecular flexibility index (Phi) is 5.95. The molecule has 0 aliphatic rings. The molecular formula is C17H24N4S. The lowest BCUT2D eigenvalue weighted by Gasteiger charge is -2.14. The summed E-state index contributed by atoms with van der Waals surface area (Å²) in [6, 6.07) is 6.36. The fraction of sp³-hybridized carbons (Fsp3) is 0.412. The van der Waals surface area contributed by atoms with Gasteiger partial charge >= 0.3 is 0 Å². The van der Waals surface area contributed by atoms with E-state index >= 15 is 0 Å². The number of hydrogen-bond acceptors (Lipinski definition) is 3. The van der Waals surface area contributed by atoms with Crippen molar-refractivity contribution in [1.29, 1.82) is 0 Å². The second kappa shape index (κ2) is 7.94. The SMILES string of the molecule is CCc1cccc(CC)c1NC(N)=NCCc1ncc(C)s1. The van der Waals surface area contributed by atoms with Crippen molar-refractivity contribution < 1.29 is 0 Å². The number of thiazole rings is 1. The first-order valence-corrected chi connectivity index (χ1v) is 8.54. The highest BCUT2D eigenvalue weighted by atomic mass is 32.1. The largest absolute Gasteiger partial charge is 0.370 e. The third kappa shape index (κ3) is 4.31. The average Bonchev–Trinajstić information content (AvgIpc) is 2.93. The van der Waals surface area contributed by atoms with E-state index < -0.39 is 0 Å². The van der Waals surface area contributed by atoms with Gasteiger partial charge in [-0.3, -0.25) is 4.99 Å². The summed E-state index contributed by atoms with van der Waals surface area (Å²) in [7, 11) is 0. The number of para-hydroxylation sites is 1. The maximum Gasteiger partial charge on any atom is 0.193 e. The molecule has 1 aromatic heterocycles. The van der Waals surface area contributed by atoms with Gasteiger partial charge < -0.3 is 11.1 Å². The summed E-state index contributed by atoms with van der Waals surface area (Å²) < 4.78 is 0. The predicted molar refractivity (Wildman–Crippen MR) is 95.9 cm³/mol. The summed E-state index contributed by atoms with van der Waals surface area (Å²) >= 11 is 1.71. The van der Waals surface area contributed by atoms with E-state index in [4.69, 9.17) is 5.73 Å². The van der Waals surface area contributed by atoms with E-state index in [2.05, 4.69) is 54.3 Å². The molecule has 3 N–H and O–H groups in total. The van der Waals surface area contributed by atoms with Crippen LogP contribution in [0.25, 0.3) is 0 Å². The number of guanidine groups is 1. The Bertz CT molecular complexity index is 624. The van der Waals surface area contributed by atoms with Crippen LogP contribution in [0.2, 0.25) is 0 Å². The predicted octanol–water partition coefficient (Wildman–Crippen LogP) is 3.55. The van der Waals surface area contributed by atoms with Crippen molar-refractivity contribution in [1.82, 2.24) is 4.98 Å². The van der Waals surface area contributed by atoms with Gasteiger partial charge in [0.15, 0.2) is 5.96 Å². The van der Waals surface area contributed by atoms with Crippen molar-refractivity contribution in [2.24, 2.45) is 10.7 Å². The van der Waals surface area contributed by atoms with E-state index in [1.807, 2.05) is 6.20 Å². The van der Waals surface area contributed by atoms with Crippen LogP contribution >= 0.6 is 11.3 Å². The molecule has 0 aliphatic heterocycles. The first-order valence-electron chi connectivity index (χ1n) is 7.73. The third-order valence-corrected chi connectivity index (χ3v) is 4.50. The number of nitrogens with zero attached hydrogens (tertiary/aromatic N) is 2. The van der Waals surface area contributed by atoms with E-state index in [-0.39, 0.29) is 0 Å². The van der Waals surface area contributed by atoms with E-state index in [1.165, 1.54) is 16.0 Å². The maximum atomic E-state index is 6.04. The molecule has 4 nitrogen and oxygen atoms in total. The Hall–Kier alpha value is -1.88. The van der Waals surface area contributed by atoms with Gasteiger partial charge in [-0.25, -0.2) is 4.98 Å². The van der Waals surface area contributed by atoms with Crippen molar-refractivity contribution in [2.75, 3.05) is 11.9 Å². The molecule has 0 saturated heterocycles. The molecular weight excluding hydrogens is 292 g/mol. The van der Waals surface area contributed by atoms with Gasteiger partial charge in [0.05, 0.1) is 5.01 Å². The van der Waals surface area contributed by atoms with Crippen molar-refractivity contribution in [3.8, 4) is 0 Å². The lowest BCUT2D eigenvalue weighted by atomic mass is 10.0. The third-order valence-electron chi connectivity index (χ3n) is 3.53. The van der Waals surface area contributed by atoms with Crippen LogP contribution in [0.15, 0.2) is 29.4 Å². The molecule has 0 fully saturated rings. The summed E-state index contributed by atoms with van der Waals surface area (Å²) in [4.78, 5) is 10.00. The highest BCUT2D eigenvalue weighted by molar-refractivity contribution is 7.11. The second-order valence-electron chi connectivity index (χ2n) is 5.16. The Labute approximate surface area is 136 Å². The minimum Gasteiger partial charge on any atom is -0.370 e. The zero-order valence-corrected chi connectivity index (χ0v) is 14.3. The smallest absolute Gasteiger partial charge is 0.193 e. The topological polar surface area (TPSA) is 63.3 Å². The summed E-state index contributed by atoms with van der Waals surface area (Å²) in [5, 5.41) is 4.39. The van der Waals surface area contributed by atoms with Crippen LogP contribution in [0.1, 0.15) is 34.9 Å². The van der Waals surface area contributed by atoms with Crippen LogP contribution in [0.4, 0.5) is 5.69 Å². The minimum atomic E-state index is 0.476. The van der Waals surface area contributed by atoms with Crippen molar-refractivity contribution in [3.63, 3.8) is 0 Å². The number of anilines is 1. The quantitative estimate of drug-likeness (QED) is 0.633. The molecule has 5 heteroatoms. The maximum absolute atomic E-state index is 6.04. The second-order valence-corrected chi connectivity index (χ2v) is 6.48. The normalized spacial score (nSPS) is 11.7. The molecule has 0 atom stereocenters. The van der Waals surface area contributed by atoms with Gasteiger partial charge in [0.1, 0.15) is 0 Å². The van der Waals surface area contributed by atoms with Crippen LogP contribution < -0.4 is 11.1 Å². The standard InChI is InChI=1S/C17H24N4S/c1-4-13-7-6-8-14(5-2)16(13)21-17(18)19-10-9-15-20-11-12(3)22-15/h6-8,11H,4-5,9-10H2,1-3H3,(H3,18,19,21). The number of nitrogens with one attached hydrogen (secondary N) is 1. The molecule has 0 amide bonds. The molecule has 0 aliphatic carbocycles. The van der Waals surface area contributed by atoms with Crippen molar-refractivity contribution in [2.45, 2.75) is 40.0 Å². The average molecular weight is 316 g/mol. The highest BCUT2D eigenvalue weighted by Crippen LogP contribution is 2.22. The molecule has 0 spiro atoms. The summed E-state index contributed by atoms with van der Waals surface area (Å²) in [5.74, 6) is 0.476. The van der Waals surface area contributed by atoms with Gasteiger partial charge in [0.25, 0.3) is 0 Å². The van der Waals surface area contributed by atoms with Gasteiger partial charge in [0.2, 0.25) is 0 Å². The lowest BCUT2D eigenvalue weighted by molar-refractivity contribution is 0.949. The van der Waals surface area contributed by atoms with Crippen molar-refractivity contribution >= 4 is 23.0 Å². The van der Waals surface area contributed by atoms with Crippen molar-refractivity contribution in [3.05, 3.63) is 45.4 Å². The monoisotopic (exact) mass is 316 g/mol. The van der Waals surface area contributed by atoms with Crippen LogP contribution in [-0.4, -0.2) is 17.5 Å². The van der Waals surface area contributed by atoms with Gasteiger partial charge in [-0.2, -0.15) is 0 Å². The first-order chi connectivity index (χ1) is 10.6. The molecule has 0 unspecified atom stereocenters. The molecule has 1 heterocycles. The molecule has 0 saturated carbocycles. The summed E-state index contributed by atoms with van der Waals surface area (Å²) in [6.45, 7) is 7.02. The van der Waals surface area contributed by atoms with E-state index in [0.717, 1.165) is 30.0 Å². The van der Waals surface area contributed by atoms with Crippen LogP contribution in [0.5, 0.6) is 0 Å². The molecule has 118 valence electrons. The zero-order valence-electron chi connectivity index (χ0n) is 13.5. The fourth-order valence-corrected chi connectivity index (χ4v) is 3.14. The molecule has 2 rings (SSSR count). The molecule has 22 heavy (non-hydrogen) atoms. The van der Waals surface area contributed by atoms with E-state index in [1.54, 1.807) is 11.3 Å². The van der Waals surface area contributed by atoms with E-state index in [9.17, 15) is 0 Å². The fourth-order valence-electron chi connectivity index (χ4n) is 2.36. The number of aliphatic imine (C=N–C) groups is 1. The molecule has 0 radical (unpaired) electrons. The number of nitrogens with two attached hydrogens (primary N) is 1. The Balaban J connectivity index is 2.01. The number of rotatable bonds is 6. The van der Waals surface area contributed by atoms with Gasteiger partial charge in [-0.15, -0.1) is 11.3 Å². The first kappa shape index (κ1) is 16.5. The Morgan fingerprint density at radius 2 is 1.95 bits per heavy atom. The Morgan fingerprint density at radius 1 is 1.27 bits per heavy atom. The molecule has 0 bridgehead atoms. The Morgan fingerprint density at radius 3 is 2.50 bits per heavy atom. The molecule has 1 aromatic carbocycles. The van der Waals surface area contributed by atoms with Gasteiger partial charge in [0, 0.05) is 29.7 Å². The minimum absolute atomic E-state index is 0.476. The summed E-state index contributed by atoms with van der Waals surface area (Å²) in [6.07, 6.45) is 4.68. The number of hydrogen-bond donors (Lipinski definition) is 2. The lowest BCUT2D eigenvalue weighted by Crippen LogP contribution is -2.24. The highest BCUT2D eigenvalue weighted by Gasteiger charge is 2.07. The number of aryl methyl sites for hydroxylation is 3. The number of benzene rings is 1. The molecule has 2 aromatic rings. The van der Waals surface area contributed by atoms with Gasteiger partial charge in [-0.1, -0.05) is 32.0 Å². The van der Waals surface area contributed by atoms with Crippen LogP contribution in [0, 0.1) is 6.92 Å². The van der Waals surface area contributed by atoms with Crippen LogP contribution in [-0.2, 0) is 19.3 Å². The van der Waals surface area contributed by atoms with Crippen LogP contribution in [0.3, 0.4) is 0 Å². The van der Waals surface area contributed by atoms with Gasteiger partial charge in [-0.05, 0) is 30.9 Å². The van der Waals surface area contributed by atoms with E-state index in [0.29, 0.717) is 12.5 Å². The number of aromatic nitrogens is 1. The summed E-state index contributed by atoms with van der Waals surface area (Å²) in [5.41, 5.74) is 9.70.